The van der Waals surface area contributed by atoms with Crippen molar-refractivity contribution in [2.45, 2.75) is 32.8 Å². The van der Waals surface area contributed by atoms with Crippen LogP contribution in [-0.4, -0.2) is 29.7 Å². The second-order valence-electron chi connectivity index (χ2n) is 4.73. The number of fused-ring (bicyclic) bond motifs is 1. The van der Waals surface area contributed by atoms with Crippen LogP contribution >= 0.6 is 0 Å². The molecule has 21 heavy (non-hydrogen) atoms. The van der Waals surface area contributed by atoms with E-state index in [9.17, 15) is 9.59 Å². The van der Waals surface area contributed by atoms with Crippen LogP contribution in [0.1, 0.15) is 26.0 Å². The zero-order chi connectivity index (χ0) is 15.2. The Morgan fingerprint density at radius 1 is 1.38 bits per heavy atom. The molecule has 1 aromatic carbocycles. The number of nitrogens with zero attached hydrogens (tertiary/aromatic N) is 1. The zero-order valence-electron chi connectivity index (χ0n) is 12.1. The molecule has 1 aromatic heterocycles. The molecule has 6 heteroatoms. The Hall–Kier alpha value is -2.37. The molecule has 2 rings (SSSR count). The summed E-state index contributed by atoms with van der Waals surface area (Å²) in [6.45, 7) is 4.06. The van der Waals surface area contributed by atoms with Crippen LogP contribution < -0.4 is 5.32 Å². The largest absolute Gasteiger partial charge is 0.452 e. The maximum absolute atomic E-state index is 11.9. The van der Waals surface area contributed by atoms with Gasteiger partial charge in [0.25, 0.3) is 5.91 Å². The molecule has 6 nitrogen and oxygen atoms in total. The molecule has 1 amide bonds. The fourth-order valence-electron chi connectivity index (χ4n) is 1.89. The topological polar surface area (TPSA) is 81.4 Å². The van der Waals surface area contributed by atoms with Crippen LogP contribution in [-0.2, 0) is 20.7 Å². The molecule has 0 radical (unpaired) electrons. The lowest BCUT2D eigenvalue weighted by Crippen LogP contribution is -2.36. The van der Waals surface area contributed by atoms with Crippen molar-refractivity contribution in [3.63, 3.8) is 0 Å². The number of ether oxygens (including phenoxy) is 1. The van der Waals surface area contributed by atoms with Gasteiger partial charge in [0.1, 0.15) is 5.69 Å². The van der Waals surface area contributed by atoms with Gasteiger partial charge in [-0.3, -0.25) is 9.59 Å². The predicted octanol–water partition coefficient (Wildman–Crippen LogP) is 1.83. The average Bonchev–Trinajstić information content (AvgIpc) is 2.88. The zero-order valence-corrected chi connectivity index (χ0v) is 12.1. The van der Waals surface area contributed by atoms with Crippen LogP contribution in [0.3, 0.4) is 0 Å². The highest BCUT2D eigenvalue weighted by atomic mass is 16.5. The van der Waals surface area contributed by atoms with Gasteiger partial charge in [-0.2, -0.15) is 0 Å². The van der Waals surface area contributed by atoms with E-state index < -0.39 is 12.1 Å². The van der Waals surface area contributed by atoms with Gasteiger partial charge >= 0.3 is 5.97 Å². The molecular formula is C15H18N2O4. The van der Waals surface area contributed by atoms with Crippen molar-refractivity contribution in [2.75, 3.05) is 6.54 Å². The molecule has 0 bridgehead atoms. The van der Waals surface area contributed by atoms with Gasteiger partial charge in [-0.1, -0.05) is 24.2 Å². The number of aromatic nitrogens is 1. The van der Waals surface area contributed by atoms with E-state index in [0.717, 1.165) is 11.8 Å². The highest BCUT2D eigenvalue weighted by Crippen LogP contribution is 2.18. The summed E-state index contributed by atoms with van der Waals surface area (Å²) in [5, 5.41) is 7.31. The minimum Gasteiger partial charge on any atom is -0.452 e. The molecule has 1 heterocycles. The smallest absolute Gasteiger partial charge is 0.312 e. The van der Waals surface area contributed by atoms with Gasteiger partial charge in [0.2, 0.25) is 0 Å². The number of hydrogen-bond donors (Lipinski definition) is 1. The van der Waals surface area contributed by atoms with Gasteiger partial charge in [0, 0.05) is 11.9 Å². The van der Waals surface area contributed by atoms with Crippen LogP contribution in [0.2, 0.25) is 0 Å². The number of nitrogens with one attached hydrogen (secondary N) is 1. The summed E-state index contributed by atoms with van der Waals surface area (Å²) < 4.78 is 10.2. The maximum Gasteiger partial charge on any atom is 0.312 e. The van der Waals surface area contributed by atoms with Crippen molar-refractivity contribution in [2.24, 2.45) is 0 Å². The van der Waals surface area contributed by atoms with Crippen molar-refractivity contribution >= 4 is 22.8 Å². The van der Waals surface area contributed by atoms with Crippen LogP contribution in [0.4, 0.5) is 0 Å². The van der Waals surface area contributed by atoms with Gasteiger partial charge in [-0.05, 0) is 25.5 Å². The molecule has 1 atom stereocenters. The summed E-state index contributed by atoms with van der Waals surface area (Å²) in [5.74, 6) is -0.802. The lowest BCUT2D eigenvalue weighted by Gasteiger charge is -2.12. The fourth-order valence-corrected chi connectivity index (χ4v) is 1.89. The summed E-state index contributed by atoms with van der Waals surface area (Å²) in [4.78, 5) is 23.5. The van der Waals surface area contributed by atoms with E-state index >= 15 is 0 Å². The van der Waals surface area contributed by atoms with E-state index in [2.05, 4.69) is 10.5 Å². The van der Waals surface area contributed by atoms with E-state index in [1.165, 1.54) is 0 Å². The van der Waals surface area contributed by atoms with Crippen molar-refractivity contribution in [3.8, 4) is 0 Å². The fraction of sp³-hybridized carbons (Fsp3) is 0.400. The van der Waals surface area contributed by atoms with Gasteiger partial charge in [0.05, 0.1) is 6.42 Å². The summed E-state index contributed by atoms with van der Waals surface area (Å²) in [6, 6.07) is 7.27. The highest BCUT2D eigenvalue weighted by Gasteiger charge is 2.19. The van der Waals surface area contributed by atoms with Gasteiger partial charge in [-0.25, -0.2) is 0 Å². The number of para-hydroxylation sites is 1. The highest BCUT2D eigenvalue weighted by molar-refractivity contribution is 5.86. The second-order valence-corrected chi connectivity index (χ2v) is 4.73. The summed E-state index contributed by atoms with van der Waals surface area (Å²) in [7, 11) is 0. The Labute approximate surface area is 122 Å². The molecule has 0 aliphatic rings. The van der Waals surface area contributed by atoms with E-state index in [1.54, 1.807) is 13.0 Å². The Bertz CT molecular complexity index is 635. The molecule has 0 aliphatic heterocycles. The Kier molecular flexibility index (Phi) is 4.92. The van der Waals surface area contributed by atoms with E-state index in [-0.39, 0.29) is 12.3 Å². The standard InChI is InChI=1S/C15H18N2O4/c1-3-8-16-15(19)10(2)20-14(18)9-12-11-6-4-5-7-13(11)21-17-12/h4-7,10H,3,8-9H2,1-2H3,(H,16,19)/t10-/m0/s1. The average molecular weight is 290 g/mol. The summed E-state index contributed by atoms with van der Waals surface area (Å²) in [5.41, 5.74) is 1.13. The molecule has 0 aliphatic carbocycles. The number of benzene rings is 1. The first kappa shape index (κ1) is 15.0. The molecule has 0 saturated carbocycles. The van der Waals surface area contributed by atoms with Crippen molar-refractivity contribution < 1.29 is 18.8 Å². The maximum atomic E-state index is 11.9. The Morgan fingerprint density at radius 2 is 2.14 bits per heavy atom. The number of amides is 1. The van der Waals surface area contributed by atoms with E-state index in [4.69, 9.17) is 9.26 Å². The summed E-state index contributed by atoms with van der Waals surface area (Å²) in [6.07, 6.45) is -0.0121. The minimum absolute atomic E-state index is 0.0254. The second kappa shape index (κ2) is 6.88. The summed E-state index contributed by atoms with van der Waals surface area (Å²) >= 11 is 0. The first-order chi connectivity index (χ1) is 10.1. The first-order valence-electron chi connectivity index (χ1n) is 6.92. The third-order valence-corrected chi connectivity index (χ3v) is 2.99. The van der Waals surface area contributed by atoms with Crippen molar-refractivity contribution in [1.29, 1.82) is 0 Å². The molecule has 2 aromatic rings. The monoisotopic (exact) mass is 290 g/mol. The van der Waals surface area contributed by atoms with Gasteiger partial charge in [0.15, 0.2) is 11.7 Å². The van der Waals surface area contributed by atoms with Crippen molar-refractivity contribution in [1.82, 2.24) is 10.5 Å². The quantitative estimate of drug-likeness (QED) is 0.821. The van der Waals surface area contributed by atoms with Crippen LogP contribution in [0, 0.1) is 0 Å². The molecule has 112 valence electrons. The number of hydrogen-bond acceptors (Lipinski definition) is 5. The van der Waals surface area contributed by atoms with E-state index in [1.807, 2.05) is 25.1 Å². The molecular weight excluding hydrogens is 272 g/mol. The predicted molar refractivity (Wildman–Crippen MR) is 76.6 cm³/mol. The third kappa shape index (κ3) is 3.81. The van der Waals surface area contributed by atoms with Crippen LogP contribution in [0.15, 0.2) is 28.8 Å². The molecule has 0 saturated heterocycles. The molecule has 0 unspecified atom stereocenters. The van der Waals surface area contributed by atoms with Crippen LogP contribution in [0.5, 0.6) is 0 Å². The number of rotatable bonds is 6. The number of carbonyl (C=O) groups is 2. The van der Waals surface area contributed by atoms with Gasteiger partial charge < -0.3 is 14.6 Å². The Balaban J connectivity index is 1.94. The number of carbonyl (C=O) groups excluding carboxylic acids is 2. The Morgan fingerprint density at radius 3 is 2.90 bits per heavy atom. The lowest BCUT2D eigenvalue weighted by atomic mass is 10.2. The molecule has 0 spiro atoms. The van der Waals surface area contributed by atoms with Crippen molar-refractivity contribution in [3.05, 3.63) is 30.0 Å². The molecule has 0 fully saturated rings. The minimum atomic E-state index is -0.817. The normalized spacial score (nSPS) is 12.1. The molecule has 1 N–H and O–H groups in total. The van der Waals surface area contributed by atoms with E-state index in [0.29, 0.717) is 17.8 Å². The van der Waals surface area contributed by atoms with Gasteiger partial charge in [-0.15, -0.1) is 0 Å². The SMILES string of the molecule is CCCNC(=O)[C@H](C)OC(=O)Cc1noc2ccccc12. The first-order valence-corrected chi connectivity index (χ1v) is 6.92. The number of esters is 1. The lowest BCUT2D eigenvalue weighted by molar-refractivity contribution is -0.154. The third-order valence-electron chi connectivity index (χ3n) is 2.99. The van der Waals surface area contributed by atoms with Crippen LogP contribution in [0.25, 0.3) is 11.0 Å².